The maximum atomic E-state index is 13.0. The molecule has 1 aromatic heterocycles. The lowest BCUT2D eigenvalue weighted by Gasteiger charge is -2.02. The van der Waals surface area contributed by atoms with E-state index in [4.69, 9.17) is 5.73 Å². The largest absolute Gasteiger partial charge is 0.397 e. The molecule has 58 valence electrons. The van der Waals surface area contributed by atoms with Crippen LogP contribution in [0.15, 0.2) is 12.4 Å². The Morgan fingerprint density at radius 2 is 2.18 bits per heavy atom. The molecule has 0 radical (unpaired) electrons. The highest BCUT2D eigenvalue weighted by atomic mass is 19.1. The summed E-state index contributed by atoms with van der Waals surface area (Å²) in [5.41, 5.74) is 6.72. The van der Waals surface area contributed by atoms with Crippen LogP contribution in [0.5, 0.6) is 0 Å². The molecule has 0 aromatic carbocycles. The van der Waals surface area contributed by atoms with Crippen LogP contribution in [0.2, 0.25) is 0 Å². The van der Waals surface area contributed by atoms with Gasteiger partial charge in [0.05, 0.1) is 18.1 Å². The number of anilines is 1. The van der Waals surface area contributed by atoms with E-state index in [9.17, 15) is 4.39 Å². The molecule has 0 amide bonds. The smallest absolute Gasteiger partial charge is 0.147 e. The lowest BCUT2D eigenvalue weighted by Crippen LogP contribution is -1.97. The van der Waals surface area contributed by atoms with Crippen LogP contribution in [-0.4, -0.2) is 4.98 Å². The Labute approximate surface area is 64.2 Å². The number of nitrogens with two attached hydrogens (primary N) is 1. The minimum Gasteiger partial charge on any atom is -0.397 e. The number of hydrogen-bond donors (Lipinski definition) is 1. The highest BCUT2D eigenvalue weighted by Crippen LogP contribution is 2.43. The Balaban J connectivity index is 2.48. The highest BCUT2D eigenvalue weighted by Gasteiger charge is 2.28. The molecule has 1 saturated carbocycles. The molecule has 0 atom stereocenters. The van der Waals surface area contributed by atoms with Crippen molar-refractivity contribution in [1.82, 2.24) is 4.98 Å². The van der Waals surface area contributed by atoms with Crippen molar-refractivity contribution >= 4 is 5.69 Å². The zero-order valence-corrected chi connectivity index (χ0v) is 6.05. The number of aromatic nitrogens is 1. The second kappa shape index (κ2) is 2.19. The van der Waals surface area contributed by atoms with E-state index in [0.29, 0.717) is 17.2 Å². The SMILES string of the molecule is Nc1cncc(F)c1C1CC1. The molecule has 1 heterocycles. The predicted octanol–water partition coefficient (Wildman–Crippen LogP) is 1.68. The first-order valence-corrected chi connectivity index (χ1v) is 3.68. The molecule has 3 heteroatoms. The molecule has 0 saturated heterocycles. The maximum absolute atomic E-state index is 13.0. The molecule has 0 bridgehead atoms. The van der Waals surface area contributed by atoms with Crippen LogP contribution in [0.4, 0.5) is 10.1 Å². The second-order valence-corrected chi connectivity index (χ2v) is 2.90. The molecular formula is C8H9FN2. The van der Waals surface area contributed by atoms with Crippen LogP contribution in [0, 0.1) is 5.82 Å². The summed E-state index contributed by atoms with van der Waals surface area (Å²) in [5, 5.41) is 0. The summed E-state index contributed by atoms with van der Waals surface area (Å²) >= 11 is 0. The average Bonchev–Trinajstić information content (AvgIpc) is 2.70. The van der Waals surface area contributed by atoms with E-state index in [1.54, 1.807) is 0 Å². The molecule has 2 N–H and O–H groups in total. The quantitative estimate of drug-likeness (QED) is 0.664. The molecule has 0 aliphatic heterocycles. The number of nitrogen functional groups attached to an aromatic ring is 1. The number of halogens is 1. The van der Waals surface area contributed by atoms with Crippen LogP contribution >= 0.6 is 0 Å². The van der Waals surface area contributed by atoms with Crippen molar-refractivity contribution in [2.75, 3.05) is 5.73 Å². The Bertz CT molecular complexity index is 261. The number of rotatable bonds is 1. The van der Waals surface area contributed by atoms with Gasteiger partial charge in [0.1, 0.15) is 5.82 Å². The summed E-state index contributed by atoms with van der Waals surface area (Å²) in [6.07, 6.45) is 4.86. The van der Waals surface area contributed by atoms with Gasteiger partial charge in [-0.15, -0.1) is 0 Å². The zero-order chi connectivity index (χ0) is 7.84. The Hall–Kier alpha value is -1.12. The first-order chi connectivity index (χ1) is 5.29. The fraction of sp³-hybridized carbons (Fsp3) is 0.375. The van der Waals surface area contributed by atoms with E-state index in [1.807, 2.05) is 0 Å². The number of hydrogen-bond acceptors (Lipinski definition) is 2. The third-order valence-corrected chi connectivity index (χ3v) is 1.96. The average molecular weight is 152 g/mol. The van der Waals surface area contributed by atoms with Crippen LogP contribution in [0.25, 0.3) is 0 Å². The lowest BCUT2D eigenvalue weighted by atomic mass is 10.1. The Morgan fingerprint density at radius 1 is 1.45 bits per heavy atom. The van der Waals surface area contributed by atoms with Gasteiger partial charge < -0.3 is 5.73 Å². The van der Waals surface area contributed by atoms with Crippen molar-refractivity contribution in [2.45, 2.75) is 18.8 Å². The normalized spacial score (nSPS) is 16.8. The molecule has 2 nitrogen and oxygen atoms in total. The number of pyridine rings is 1. The van der Waals surface area contributed by atoms with Gasteiger partial charge >= 0.3 is 0 Å². The molecule has 1 aromatic rings. The zero-order valence-electron chi connectivity index (χ0n) is 6.05. The van der Waals surface area contributed by atoms with Gasteiger partial charge in [0.2, 0.25) is 0 Å². The third-order valence-electron chi connectivity index (χ3n) is 1.96. The van der Waals surface area contributed by atoms with E-state index in [0.717, 1.165) is 12.8 Å². The Morgan fingerprint density at radius 3 is 2.73 bits per heavy atom. The van der Waals surface area contributed by atoms with Crippen molar-refractivity contribution in [3.63, 3.8) is 0 Å². The van der Waals surface area contributed by atoms with Crippen molar-refractivity contribution in [3.05, 3.63) is 23.8 Å². The van der Waals surface area contributed by atoms with Gasteiger partial charge in [-0.05, 0) is 18.8 Å². The van der Waals surface area contributed by atoms with Gasteiger partial charge in [-0.3, -0.25) is 4.98 Å². The van der Waals surface area contributed by atoms with E-state index >= 15 is 0 Å². The molecule has 1 aliphatic carbocycles. The highest BCUT2D eigenvalue weighted by molar-refractivity contribution is 5.48. The van der Waals surface area contributed by atoms with Crippen molar-refractivity contribution in [2.24, 2.45) is 0 Å². The molecular weight excluding hydrogens is 143 g/mol. The minimum absolute atomic E-state index is 0.257. The van der Waals surface area contributed by atoms with Gasteiger partial charge in [-0.25, -0.2) is 4.39 Å². The van der Waals surface area contributed by atoms with Crippen molar-refractivity contribution < 1.29 is 4.39 Å². The summed E-state index contributed by atoms with van der Waals surface area (Å²) in [5.74, 6) is 0.102. The van der Waals surface area contributed by atoms with E-state index < -0.39 is 0 Å². The fourth-order valence-electron chi connectivity index (χ4n) is 1.26. The minimum atomic E-state index is -0.257. The molecule has 0 unspecified atom stereocenters. The summed E-state index contributed by atoms with van der Waals surface area (Å²) in [6, 6.07) is 0. The van der Waals surface area contributed by atoms with Crippen molar-refractivity contribution in [1.29, 1.82) is 0 Å². The van der Waals surface area contributed by atoms with Gasteiger partial charge in [0.25, 0.3) is 0 Å². The molecule has 11 heavy (non-hydrogen) atoms. The van der Waals surface area contributed by atoms with E-state index in [2.05, 4.69) is 4.98 Å². The summed E-state index contributed by atoms with van der Waals surface area (Å²) in [6.45, 7) is 0. The molecule has 2 rings (SSSR count). The van der Waals surface area contributed by atoms with E-state index in [1.165, 1.54) is 12.4 Å². The molecule has 1 aliphatic rings. The lowest BCUT2D eigenvalue weighted by molar-refractivity contribution is 0.605. The summed E-state index contributed by atoms with van der Waals surface area (Å²) in [7, 11) is 0. The van der Waals surface area contributed by atoms with Crippen LogP contribution in [0.1, 0.15) is 24.3 Å². The monoisotopic (exact) mass is 152 g/mol. The summed E-state index contributed by atoms with van der Waals surface area (Å²) < 4.78 is 13.0. The van der Waals surface area contributed by atoms with Gasteiger partial charge in [0.15, 0.2) is 0 Å². The summed E-state index contributed by atoms with van der Waals surface area (Å²) in [4.78, 5) is 3.65. The fourth-order valence-corrected chi connectivity index (χ4v) is 1.26. The van der Waals surface area contributed by atoms with E-state index in [-0.39, 0.29) is 5.82 Å². The van der Waals surface area contributed by atoms with Gasteiger partial charge in [0, 0.05) is 5.56 Å². The molecule has 0 spiro atoms. The van der Waals surface area contributed by atoms with Gasteiger partial charge in [-0.1, -0.05) is 0 Å². The topological polar surface area (TPSA) is 38.9 Å². The number of nitrogens with zero attached hydrogens (tertiary/aromatic N) is 1. The van der Waals surface area contributed by atoms with Crippen LogP contribution in [-0.2, 0) is 0 Å². The third kappa shape index (κ3) is 1.06. The van der Waals surface area contributed by atoms with Crippen LogP contribution < -0.4 is 5.73 Å². The first kappa shape index (κ1) is 6.58. The Kier molecular flexibility index (Phi) is 1.31. The standard InChI is InChI=1S/C8H9FN2/c9-6-3-11-4-7(10)8(6)5-1-2-5/h3-5H,1-2,10H2. The van der Waals surface area contributed by atoms with Crippen molar-refractivity contribution in [3.8, 4) is 0 Å². The predicted molar refractivity (Wildman–Crippen MR) is 40.6 cm³/mol. The van der Waals surface area contributed by atoms with Crippen LogP contribution in [0.3, 0.4) is 0 Å². The maximum Gasteiger partial charge on any atom is 0.147 e. The van der Waals surface area contributed by atoms with Gasteiger partial charge in [-0.2, -0.15) is 0 Å². The first-order valence-electron chi connectivity index (χ1n) is 3.68. The molecule has 1 fully saturated rings. The second-order valence-electron chi connectivity index (χ2n) is 2.90.